The maximum Gasteiger partial charge on any atom is 0.0867 e. The van der Waals surface area contributed by atoms with Crippen molar-refractivity contribution in [3.8, 4) is 0 Å². The quantitative estimate of drug-likeness (QED) is 0.572. The Labute approximate surface area is 70.1 Å². The minimum atomic E-state index is 0.520. The standard InChI is InChI=1S/C10H20O/c1-6(2)7(3)8(4)10-9(5)11-10/h6-10H,1-5H3. The van der Waals surface area contributed by atoms with E-state index in [2.05, 4.69) is 34.6 Å². The molecule has 1 aliphatic heterocycles. The summed E-state index contributed by atoms with van der Waals surface area (Å²) in [6, 6.07) is 0. The Hall–Kier alpha value is -0.0400. The monoisotopic (exact) mass is 156 g/mol. The average Bonchev–Trinajstić information content (AvgIpc) is 2.63. The highest BCUT2D eigenvalue weighted by Gasteiger charge is 2.41. The van der Waals surface area contributed by atoms with E-state index in [-0.39, 0.29) is 0 Å². The molecule has 0 saturated carbocycles. The van der Waals surface area contributed by atoms with Crippen LogP contribution in [-0.4, -0.2) is 12.2 Å². The van der Waals surface area contributed by atoms with Gasteiger partial charge in [-0.15, -0.1) is 0 Å². The fourth-order valence-corrected chi connectivity index (χ4v) is 1.66. The molecule has 66 valence electrons. The molecule has 0 aromatic carbocycles. The van der Waals surface area contributed by atoms with Crippen LogP contribution in [-0.2, 0) is 4.74 Å². The number of hydrogen-bond acceptors (Lipinski definition) is 1. The van der Waals surface area contributed by atoms with Crippen LogP contribution in [0.4, 0.5) is 0 Å². The topological polar surface area (TPSA) is 12.5 Å². The summed E-state index contributed by atoms with van der Waals surface area (Å²) < 4.78 is 5.45. The number of hydrogen-bond donors (Lipinski definition) is 0. The van der Waals surface area contributed by atoms with E-state index in [9.17, 15) is 0 Å². The number of ether oxygens (including phenoxy) is 1. The number of rotatable bonds is 3. The van der Waals surface area contributed by atoms with Gasteiger partial charge in [0.1, 0.15) is 0 Å². The van der Waals surface area contributed by atoms with Crippen molar-refractivity contribution in [3.05, 3.63) is 0 Å². The van der Waals surface area contributed by atoms with Crippen molar-refractivity contribution in [1.29, 1.82) is 0 Å². The third-order valence-corrected chi connectivity index (χ3v) is 3.16. The van der Waals surface area contributed by atoms with Crippen molar-refractivity contribution in [2.24, 2.45) is 17.8 Å². The smallest absolute Gasteiger partial charge is 0.0867 e. The van der Waals surface area contributed by atoms with E-state index >= 15 is 0 Å². The summed E-state index contributed by atoms with van der Waals surface area (Å²) in [4.78, 5) is 0. The van der Waals surface area contributed by atoms with Crippen LogP contribution in [0, 0.1) is 17.8 Å². The highest BCUT2D eigenvalue weighted by molar-refractivity contribution is 4.87. The molecule has 4 unspecified atom stereocenters. The molecule has 0 aromatic rings. The zero-order valence-electron chi connectivity index (χ0n) is 8.29. The maximum absolute atomic E-state index is 5.45. The molecule has 4 atom stereocenters. The maximum atomic E-state index is 5.45. The lowest BCUT2D eigenvalue weighted by Crippen LogP contribution is -2.19. The van der Waals surface area contributed by atoms with Crippen molar-refractivity contribution in [3.63, 3.8) is 0 Å². The molecule has 0 radical (unpaired) electrons. The highest BCUT2D eigenvalue weighted by atomic mass is 16.6. The van der Waals surface area contributed by atoms with Gasteiger partial charge in [-0.2, -0.15) is 0 Å². The predicted molar refractivity (Wildman–Crippen MR) is 47.5 cm³/mol. The van der Waals surface area contributed by atoms with E-state index in [1.807, 2.05) is 0 Å². The third kappa shape index (κ3) is 1.96. The third-order valence-electron chi connectivity index (χ3n) is 3.16. The van der Waals surface area contributed by atoms with Crippen molar-refractivity contribution in [2.45, 2.75) is 46.8 Å². The van der Waals surface area contributed by atoms with Crippen LogP contribution >= 0.6 is 0 Å². The summed E-state index contributed by atoms with van der Waals surface area (Å²) in [7, 11) is 0. The molecule has 1 heterocycles. The zero-order chi connectivity index (χ0) is 8.59. The molecule has 1 nitrogen and oxygen atoms in total. The van der Waals surface area contributed by atoms with Crippen LogP contribution in [0.3, 0.4) is 0 Å². The molecule has 11 heavy (non-hydrogen) atoms. The summed E-state index contributed by atoms with van der Waals surface area (Å²) >= 11 is 0. The van der Waals surface area contributed by atoms with Gasteiger partial charge in [0.15, 0.2) is 0 Å². The van der Waals surface area contributed by atoms with Gasteiger partial charge in [-0.3, -0.25) is 0 Å². The summed E-state index contributed by atoms with van der Waals surface area (Å²) in [5.41, 5.74) is 0. The van der Waals surface area contributed by atoms with Gasteiger partial charge in [-0.05, 0) is 24.7 Å². The van der Waals surface area contributed by atoms with Crippen molar-refractivity contribution < 1.29 is 4.74 Å². The first-order chi connectivity index (χ1) is 5.04. The fraction of sp³-hybridized carbons (Fsp3) is 1.00. The van der Waals surface area contributed by atoms with E-state index in [0.717, 1.165) is 17.8 Å². The Kier molecular flexibility index (Phi) is 2.58. The second-order valence-corrected chi connectivity index (χ2v) is 4.27. The van der Waals surface area contributed by atoms with E-state index in [0.29, 0.717) is 12.2 Å². The minimum Gasteiger partial charge on any atom is -0.370 e. The Morgan fingerprint density at radius 3 is 1.82 bits per heavy atom. The first kappa shape index (κ1) is 9.05. The van der Waals surface area contributed by atoms with E-state index in [4.69, 9.17) is 4.74 Å². The Bertz CT molecular complexity index is 131. The van der Waals surface area contributed by atoms with Crippen LogP contribution in [0.1, 0.15) is 34.6 Å². The molecule has 1 rings (SSSR count). The summed E-state index contributed by atoms with van der Waals surface area (Å²) in [6.07, 6.45) is 1.07. The lowest BCUT2D eigenvalue weighted by atomic mass is 9.83. The fourth-order valence-electron chi connectivity index (χ4n) is 1.66. The Balaban J connectivity index is 2.35. The molecule has 1 aliphatic rings. The van der Waals surface area contributed by atoms with Crippen molar-refractivity contribution in [2.75, 3.05) is 0 Å². The van der Waals surface area contributed by atoms with E-state index in [1.54, 1.807) is 0 Å². The van der Waals surface area contributed by atoms with Crippen LogP contribution < -0.4 is 0 Å². The molecule has 0 aliphatic carbocycles. The first-order valence-corrected chi connectivity index (χ1v) is 4.69. The van der Waals surface area contributed by atoms with Gasteiger partial charge in [0, 0.05) is 0 Å². The molecule has 0 aromatic heterocycles. The molecule has 0 bridgehead atoms. The van der Waals surface area contributed by atoms with Gasteiger partial charge < -0.3 is 4.74 Å². The molecule has 0 amide bonds. The second-order valence-electron chi connectivity index (χ2n) is 4.27. The number of epoxide rings is 1. The molecule has 1 heteroatoms. The first-order valence-electron chi connectivity index (χ1n) is 4.69. The molecule has 0 N–H and O–H groups in total. The highest BCUT2D eigenvalue weighted by Crippen LogP contribution is 2.35. The molecule has 0 spiro atoms. The lowest BCUT2D eigenvalue weighted by molar-refractivity contribution is 0.231. The SMILES string of the molecule is CC(C)C(C)C(C)C1OC1C. The van der Waals surface area contributed by atoms with Gasteiger partial charge in [0.05, 0.1) is 12.2 Å². The van der Waals surface area contributed by atoms with Crippen LogP contribution in [0.25, 0.3) is 0 Å². The van der Waals surface area contributed by atoms with E-state index < -0.39 is 0 Å². The van der Waals surface area contributed by atoms with Gasteiger partial charge in [-0.25, -0.2) is 0 Å². The molecule has 1 fully saturated rings. The van der Waals surface area contributed by atoms with Gasteiger partial charge in [0.2, 0.25) is 0 Å². The van der Waals surface area contributed by atoms with Crippen LogP contribution in [0.15, 0.2) is 0 Å². The average molecular weight is 156 g/mol. The van der Waals surface area contributed by atoms with Crippen molar-refractivity contribution >= 4 is 0 Å². The van der Waals surface area contributed by atoms with Gasteiger partial charge in [-0.1, -0.05) is 27.7 Å². The molecular formula is C10H20O. The Morgan fingerprint density at radius 1 is 1.09 bits per heavy atom. The summed E-state index contributed by atoms with van der Waals surface area (Å²) in [5.74, 6) is 2.29. The molecule has 1 saturated heterocycles. The predicted octanol–water partition coefficient (Wildman–Crippen LogP) is 2.70. The van der Waals surface area contributed by atoms with Gasteiger partial charge in [0.25, 0.3) is 0 Å². The second kappa shape index (κ2) is 3.14. The van der Waals surface area contributed by atoms with Crippen LogP contribution in [0.2, 0.25) is 0 Å². The van der Waals surface area contributed by atoms with Crippen molar-refractivity contribution in [1.82, 2.24) is 0 Å². The molecular weight excluding hydrogens is 136 g/mol. The minimum absolute atomic E-state index is 0.520. The van der Waals surface area contributed by atoms with Gasteiger partial charge >= 0.3 is 0 Å². The Morgan fingerprint density at radius 2 is 1.55 bits per heavy atom. The lowest BCUT2D eigenvalue weighted by Gasteiger charge is -2.21. The summed E-state index contributed by atoms with van der Waals surface area (Å²) in [6.45, 7) is 11.4. The van der Waals surface area contributed by atoms with Crippen LogP contribution in [0.5, 0.6) is 0 Å². The largest absolute Gasteiger partial charge is 0.370 e. The normalized spacial score (nSPS) is 35.5. The zero-order valence-corrected chi connectivity index (χ0v) is 8.29. The van der Waals surface area contributed by atoms with E-state index in [1.165, 1.54) is 0 Å². The summed E-state index contributed by atoms with van der Waals surface area (Å²) in [5, 5.41) is 0.